The fourth-order valence-electron chi connectivity index (χ4n) is 3.89. The van der Waals surface area contributed by atoms with Crippen LogP contribution in [0.25, 0.3) is 0 Å². The third-order valence-corrected chi connectivity index (χ3v) is 7.40. The molecule has 6 nitrogen and oxygen atoms in total. The van der Waals surface area contributed by atoms with E-state index in [1.807, 2.05) is 11.0 Å². The zero-order valence-electron chi connectivity index (χ0n) is 15.3. The number of anilines is 1. The Morgan fingerprint density at radius 2 is 1.96 bits per heavy atom. The molecule has 0 aliphatic carbocycles. The lowest BCUT2D eigenvalue weighted by atomic mass is 10.1. The molecule has 8 heteroatoms. The second-order valence-corrected chi connectivity index (χ2v) is 10.2. The molecule has 0 radical (unpaired) electrons. The monoisotopic (exact) mass is 406 g/mol. The van der Waals surface area contributed by atoms with Crippen LogP contribution in [-0.2, 0) is 23.0 Å². The summed E-state index contributed by atoms with van der Waals surface area (Å²) in [6.45, 7) is 4.90. The summed E-state index contributed by atoms with van der Waals surface area (Å²) in [4.78, 5) is 17.7. The fraction of sp³-hybridized carbons (Fsp3) is 0.421. The molecular formula is C19H24N3O3S2+. The number of hydrogen-bond donors (Lipinski definition) is 1. The van der Waals surface area contributed by atoms with Gasteiger partial charge in [-0.25, -0.2) is 8.42 Å². The molecule has 3 heterocycles. The topological polar surface area (TPSA) is 62.1 Å². The second-order valence-electron chi connectivity index (χ2n) is 7.23. The molecule has 2 aliphatic rings. The number of quaternary nitrogens is 1. The summed E-state index contributed by atoms with van der Waals surface area (Å²) in [5.41, 5.74) is 2.30. The highest BCUT2D eigenvalue weighted by Crippen LogP contribution is 2.31. The number of nitrogens with one attached hydrogen (secondary N) is 1. The summed E-state index contributed by atoms with van der Waals surface area (Å²) >= 11 is 1.79. The normalized spacial score (nSPS) is 18.0. The van der Waals surface area contributed by atoms with Crippen molar-refractivity contribution in [1.29, 1.82) is 0 Å². The van der Waals surface area contributed by atoms with Crippen LogP contribution in [0.1, 0.15) is 20.8 Å². The first kappa shape index (κ1) is 18.5. The predicted octanol–water partition coefficient (Wildman–Crippen LogP) is 0.611. The highest BCUT2D eigenvalue weighted by molar-refractivity contribution is 7.92. The number of hydrogen-bond acceptors (Lipinski definition) is 4. The summed E-state index contributed by atoms with van der Waals surface area (Å²) in [5, 5.41) is 2.10. The van der Waals surface area contributed by atoms with Crippen molar-refractivity contribution in [2.45, 2.75) is 13.0 Å². The quantitative estimate of drug-likeness (QED) is 0.809. The maximum atomic E-state index is 12.9. The molecule has 27 heavy (non-hydrogen) atoms. The Labute approximate surface area is 164 Å². The number of fused-ring (bicyclic) bond motifs is 1. The minimum atomic E-state index is -3.26. The summed E-state index contributed by atoms with van der Waals surface area (Å²) in [6, 6.07) is 9.65. The van der Waals surface area contributed by atoms with Gasteiger partial charge in [-0.2, -0.15) is 0 Å². The van der Waals surface area contributed by atoms with Gasteiger partial charge in [-0.1, -0.05) is 6.07 Å². The molecule has 1 amide bonds. The lowest BCUT2D eigenvalue weighted by Gasteiger charge is -2.32. The molecule has 0 atom stereocenters. The number of carbonyl (C=O) groups is 1. The Balaban J connectivity index is 1.41. The zero-order chi connectivity index (χ0) is 19.0. The average molecular weight is 407 g/mol. The van der Waals surface area contributed by atoms with Crippen molar-refractivity contribution in [1.82, 2.24) is 4.90 Å². The first-order valence-corrected chi connectivity index (χ1v) is 11.9. The van der Waals surface area contributed by atoms with Crippen LogP contribution in [0.2, 0.25) is 0 Å². The van der Waals surface area contributed by atoms with E-state index in [2.05, 4.69) is 17.5 Å². The summed E-state index contributed by atoms with van der Waals surface area (Å²) < 4.78 is 25.1. The third-order valence-electron chi connectivity index (χ3n) is 5.34. The second kappa shape index (κ2) is 7.26. The molecular weight excluding hydrogens is 382 g/mol. The van der Waals surface area contributed by atoms with Crippen molar-refractivity contribution in [2.75, 3.05) is 43.3 Å². The highest BCUT2D eigenvalue weighted by Gasteiger charge is 2.29. The summed E-state index contributed by atoms with van der Waals surface area (Å²) in [7, 11) is -3.26. The largest absolute Gasteiger partial charge is 0.328 e. The number of carbonyl (C=O) groups excluding carboxylic acids is 1. The van der Waals surface area contributed by atoms with Crippen LogP contribution < -0.4 is 9.21 Å². The van der Waals surface area contributed by atoms with Gasteiger partial charge in [0.05, 0.1) is 43.0 Å². The van der Waals surface area contributed by atoms with Gasteiger partial charge in [0.1, 0.15) is 6.54 Å². The molecule has 0 unspecified atom stereocenters. The van der Waals surface area contributed by atoms with E-state index < -0.39 is 10.0 Å². The third kappa shape index (κ3) is 3.88. The molecule has 1 saturated heterocycles. The van der Waals surface area contributed by atoms with E-state index in [1.54, 1.807) is 23.5 Å². The Morgan fingerprint density at radius 3 is 2.63 bits per heavy atom. The predicted molar refractivity (Wildman–Crippen MR) is 107 cm³/mol. The van der Waals surface area contributed by atoms with E-state index in [-0.39, 0.29) is 5.91 Å². The van der Waals surface area contributed by atoms with Gasteiger partial charge < -0.3 is 9.80 Å². The van der Waals surface area contributed by atoms with Gasteiger partial charge in [-0.05, 0) is 41.6 Å². The van der Waals surface area contributed by atoms with E-state index in [4.69, 9.17) is 0 Å². The van der Waals surface area contributed by atoms with Crippen LogP contribution >= 0.6 is 11.3 Å². The standard InChI is InChI=1S/C19H23N3O3S2/c1-27(24,25)22-7-6-15-13-16(4-5-18(15)22)19(23)21-10-8-20(9-11-21)14-17-3-2-12-26-17/h2-5,12-13H,6-11,14H2,1H3/p+1. The van der Waals surface area contributed by atoms with Gasteiger partial charge in [0.15, 0.2) is 0 Å². The fourth-order valence-corrected chi connectivity index (χ4v) is 5.63. The molecule has 2 aliphatic heterocycles. The SMILES string of the molecule is CS(=O)(=O)N1CCc2cc(C(=O)N3CC[NH+](Cc4cccs4)CC3)ccc21. The van der Waals surface area contributed by atoms with Crippen LogP contribution in [0.3, 0.4) is 0 Å². The van der Waals surface area contributed by atoms with E-state index >= 15 is 0 Å². The minimum Gasteiger partial charge on any atom is -0.328 e. The van der Waals surface area contributed by atoms with Gasteiger partial charge in [-0.3, -0.25) is 9.10 Å². The molecule has 0 spiro atoms. The van der Waals surface area contributed by atoms with Gasteiger partial charge in [0.2, 0.25) is 10.0 Å². The Bertz CT molecular complexity index is 933. The van der Waals surface area contributed by atoms with Crippen LogP contribution in [0.15, 0.2) is 35.7 Å². The van der Waals surface area contributed by atoms with Gasteiger partial charge >= 0.3 is 0 Å². The Morgan fingerprint density at radius 1 is 1.19 bits per heavy atom. The Kier molecular flexibility index (Phi) is 4.96. The Hall–Kier alpha value is -1.90. The molecule has 0 bridgehead atoms. The van der Waals surface area contributed by atoms with Gasteiger partial charge in [0, 0.05) is 12.1 Å². The van der Waals surface area contributed by atoms with Crippen LogP contribution in [-0.4, -0.2) is 58.2 Å². The molecule has 1 fully saturated rings. The number of rotatable bonds is 4. The molecule has 4 rings (SSSR count). The first-order chi connectivity index (χ1) is 12.9. The minimum absolute atomic E-state index is 0.0470. The molecule has 1 aromatic carbocycles. The molecule has 0 saturated carbocycles. The van der Waals surface area contributed by atoms with E-state index in [1.165, 1.54) is 20.3 Å². The van der Waals surface area contributed by atoms with Gasteiger partial charge in [-0.15, -0.1) is 11.3 Å². The van der Waals surface area contributed by atoms with Crippen LogP contribution in [0, 0.1) is 0 Å². The highest BCUT2D eigenvalue weighted by atomic mass is 32.2. The number of nitrogens with zero attached hydrogens (tertiary/aromatic N) is 2. The van der Waals surface area contributed by atoms with Gasteiger partial charge in [0.25, 0.3) is 5.91 Å². The maximum absolute atomic E-state index is 12.9. The van der Waals surface area contributed by atoms with Crippen molar-refractivity contribution in [3.05, 3.63) is 51.7 Å². The number of thiophene rings is 1. The average Bonchev–Trinajstić information content (AvgIpc) is 3.30. The number of amides is 1. The number of piperazine rings is 1. The van der Waals surface area contributed by atoms with Crippen molar-refractivity contribution < 1.29 is 18.1 Å². The molecule has 1 aromatic heterocycles. The molecule has 144 valence electrons. The molecule has 1 N–H and O–H groups in total. The van der Waals surface area contributed by atoms with Crippen molar-refractivity contribution >= 4 is 33.0 Å². The summed E-state index contributed by atoms with van der Waals surface area (Å²) in [6.07, 6.45) is 1.88. The maximum Gasteiger partial charge on any atom is 0.254 e. The zero-order valence-corrected chi connectivity index (χ0v) is 17.0. The lowest BCUT2D eigenvalue weighted by Crippen LogP contribution is -3.13. The first-order valence-electron chi connectivity index (χ1n) is 9.18. The molecule has 2 aromatic rings. The van der Waals surface area contributed by atoms with E-state index in [0.717, 1.165) is 38.3 Å². The van der Waals surface area contributed by atoms with Crippen LogP contribution in [0.5, 0.6) is 0 Å². The number of benzene rings is 1. The van der Waals surface area contributed by atoms with E-state index in [0.29, 0.717) is 24.2 Å². The number of sulfonamides is 1. The van der Waals surface area contributed by atoms with Crippen molar-refractivity contribution in [2.24, 2.45) is 0 Å². The van der Waals surface area contributed by atoms with Crippen molar-refractivity contribution in [3.8, 4) is 0 Å². The van der Waals surface area contributed by atoms with E-state index in [9.17, 15) is 13.2 Å². The smallest absolute Gasteiger partial charge is 0.254 e. The summed E-state index contributed by atoms with van der Waals surface area (Å²) in [5.74, 6) is 0.0470. The van der Waals surface area contributed by atoms with Crippen LogP contribution in [0.4, 0.5) is 5.69 Å². The lowest BCUT2D eigenvalue weighted by molar-refractivity contribution is -0.917. The van der Waals surface area contributed by atoms with Crippen molar-refractivity contribution in [3.63, 3.8) is 0 Å².